The second-order valence-electron chi connectivity index (χ2n) is 7.21. The second kappa shape index (κ2) is 8.72. The third kappa shape index (κ3) is 5.31. The standard InChI is InChI=1S/C19H24BrN3O5/c1-6-27-17(25)14-11-23(8-7-22(5)18(26)28-19(2,3)4)16-13(15(14)24)9-12(20)10-21-16/h9-11H,6-8H2,1-5H3. The Morgan fingerprint density at radius 3 is 2.61 bits per heavy atom. The van der Waals surface area contributed by atoms with E-state index in [-0.39, 0.29) is 12.2 Å². The molecule has 2 aromatic heterocycles. The van der Waals surface area contributed by atoms with Gasteiger partial charge in [0, 0.05) is 37.0 Å². The summed E-state index contributed by atoms with van der Waals surface area (Å²) in [5.41, 5.74) is -0.702. The van der Waals surface area contributed by atoms with E-state index in [0.717, 1.165) is 0 Å². The van der Waals surface area contributed by atoms with Crippen LogP contribution in [-0.4, -0.2) is 52.3 Å². The molecule has 0 aliphatic carbocycles. The molecule has 0 radical (unpaired) electrons. The SMILES string of the molecule is CCOC(=O)c1cn(CCN(C)C(=O)OC(C)(C)C)c2ncc(Br)cc2c1=O. The van der Waals surface area contributed by atoms with E-state index in [1.807, 2.05) is 0 Å². The zero-order valence-corrected chi connectivity index (χ0v) is 18.2. The minimum Gasteiger partial charge on any atom is -0.462 e. The first-order valence-electron chi connectivity index (χ1n) is 8.83. The number of halogens is 1. The molecule has 0 spiro atoms. The number of ether oxygens (including phenoxy) is 2. The van der Waals surface area contributed by atoms with Gasteiger partial charge in [0.15, 0.2) is 0 Å². The van der Waals surface area contributed by atoms with Gasteiger partial charge in [0.1, 0.15) is 16.8 Å². The van der Waals surface area contributed by atoms with Gasteiger partial charge in [-0.3, -0.25) is 4.79 Å². The highest BCUT2D eigenvalue weighted by Crippen LogP contribution is 2.16. The van der Waals surface area contributed by atoms with E-state index < -0.39 is 23.1 Å². The molecule has 0 saturated carbocycles. The Morgan fingerprint density at radius 1 is 1.32 bits per heavy atom. The predicted octanol–water partition coefficient (Wildman–Crippen LogP) is 3.20. The van der Waals surface area contributed by atoms with Crippen LogP contribution in [0.1, 0.15) is 38.1 Å². The summed E-state index contributed by atoms with van der Waals surface area (Å²) < 4.78 is 12.6. The van der Waals surface area contributed by atoms with Gasteiger partial charge in [-0.2, -0.15) is 0 Å². The lowest BCUT2D eigenvalue weighted by molar-refractivity contribution is 0.0293. The first-order valence-corrected chi connectivity index (χ1v) is 9.62. The number of rotatable bonds is 5. The van der Waals surface area contributed by atoms with Crippen molar-refractivity contribution in [2.75, 3.05) is 20.2 Å². The van der Waals surface area contributed by atoms with Crippen LogP contribution in [-0.2, 0) is 16.0 Å². The molecule has 2 rings (SSSR count). The van der Waals surface area contributed by atoms with Crippen LogP contribution in [0, 0.1) is 0 Å². The van der Waals surface area contributed by atoms with Crippen molar-refractivity contribution in [3.05, 3.63) is 38.7 Å². The van der Waals surface area contributed by atoms with Crippen LogP contribution >= 0.6 is 15.9 Å². The number of hydrogen-bond donors (Lipinski definition) is 0. The quantitative estimate of drug-likeness (QED) is 0.645. The lowest BCUT2D eigenvalue weighted by Crippen LogP contribution is -2.36. The van der Waals surface area contributed by atoms with E-state index in [1.54, 1.807) is 51.6 Å². The summed E-state index contributed by atoms with van der Waals surface area (Å²) in [7, 11) is 1.62. The van der Waals surface area contributed by atoms with Crippen molar-refractivity contribution in [3.63, 3.8) is 0 Å². The van der Waals surface area contributed by atoms with Crippen molar-refractivity contribution in [2.24, 2.45) is 0 Å². The van der Waals surface area contributed by atoms with Gasteiger partial charge in [-0.15, -0.1) is 0 Å². The van der Waals surface area contributed by atoms with Crippen LogP contribution in [0.5, 0.6) is 0 Å². The minimum absolute atomic E-state index is 0.0748. The van der Waals surface area contributed by atoms with Gasteiger partial charge in [0.25, 0.3) is 0 Å². The number of nitrogens with zero attached hydrogens (tertiary/aromatic N) is 3. The van der Waals surface area contributed by atoms with E-state index >= 15 is 0 Å². The molecule has 1 amide bonds. The number of amides is 1. The predicted molar refractivity (Wildman–Crippen MR) is 109 cm³/mol. The summed E-state index contributed by atoms with van der Waals surface area (Å²) in [5.74, 6) is -0.691. The molecule has 0 N–H and O–H groups in total. The van der Waals surface area contributed by atoms with Crippen LogP contribution in [0.25, 0.3) is 11.0 Å². The van der Waals surface area contributed by atoms with Crippen molar-refractivity contribution >= 4 is 39.0 Å². The summed E-state index contributed by atoms with van der Waals surface area (Å²) in [4.78, 5) is 42.8. The van der Waals surface area contributed by atoms with Crippen molar-refractivity contribution in [1.82, 2.24) is 14.5 Å². The van der Waals surface area contributed by atoms with Gasteiger partial charge in [0.05, 0.1) is 12.0 Å². The van der Waals surface area contributed by atoms with Crippen LogP contribution in [0.15, 0.2) is 27.7 Å². The van der Waals surface area contributed by atoms with Gasteiger partial charge in [-0.1, -0.05) is 0 Å². The molecule has 0 aromatic carbocycles. The molecule has 0 saturated heterocycles. The Bertz CT molecular complexity index is 949. The Balaban J connectivity index is 2.38. The van der Waals surface area contributed by atoms with Gasteiger partial charge in [-0.05, 0) is 49.7 Å². The summed E-state index contributed by atoms with van der Waals surface area (Å²) in [6, 6.07) is 1.61. The Hall–Kier alpha value is -2.42. The molecule has 28 heavy (non-hydrogen) atoms. The topological polar surface area (TPSA) is 90.7 Å². The third-order valence-corrected chi connectivity index (χ3v) is 4.19. The molecule has 8 nitrogen and oxygen atoms in total. The molecule has 9 heteroatoms. The number of hydrogen-bond acceptors (Lipinski definition) is 6. The summed E-state index contributed by atoms with van der Waals surface area (Å²) in [6.07, 6.45) is 2.53. The molecule has 0 aliphatic rings. The Morgan fingerprint density at radius 2 is 2.00 bits per heavy atom. The van der Waals surface area contributed by atoms with Crippen molar-refractivity contribution < 1.29 is 19.1 Å². The number of carbonyl (C=O) groups excluding carboxylic acids is 2. The van der Waals surface area contributed by atoms with Crippen LogP contribution in [0.2, 0.25) is 0 Å². The molecule has 0 atom stereocenters. The first kappa shape index (κ1) is 21.9. The molecule has 2 aromatic rings. The number of likely N-dealkylation sites (N-methyl/N-ethyl adjacent to an activating group) is 1. The maximum atomic E-state index is 12.7. The number of pyridine rings is 2. The second-order valence-corrected chi connectivity index (χ2v) is 8.13. The Kier molecular flexibility index (Phi) is 6.82. The maximum Gasteiger partial charge on any atom is 0.410 e. The molecule has 0 aliphatic heterocycles. The fourth-order valence-electron chi connectivity index (χ4n) is 2.46. The lowest BCUT2D eigenvalue weighted by Gasteiger charge is -2.25. The number of aromatic nitrogens is 2. The van der Waals surface area contributed by atoms with Crippen molar-refractivity contribution in [1.29, 1.82) is 0 Å². The highest BCUT2D eigenvalue weighted by molar-refractivity contribution is 9.10. The van der Waals surface area contributed by atoms with Gasteiger partial charge >= 0.3 is 12.1 Å². The molecule has 0 bridgehead atoms. The van der Waals surface area contributed by atoms with Crippen LogP contribution in [0.4, 0.5) is 4.79 Å². The number of fused-ring (bicyclic) bond motifs is 1. The summed E-state index contributed by atoms with van der Waals surface area (Å²) >= 11 is 3.30. The summed E-state index contributed by atoms with van der Waals surface area (Å²) in [5, 5.41) is 0.292. The Labute approximate surface area is 171 Å². The molecule has 0 unspecified atom stereocenters. The fraction of sp³-hybridized carbons (Fsp3) is 0.474. The maximum absolute atomic E-state index is 12.7. The van der Waals surface area contributed by atoms with Crippen molar-refractivity contribution in [2.45, 2.75) is 39.8 Å². The molecule has 152 valence electrons. The minimum atomic E-state index is -0.691. The van der Waals surface area contributed by atoms with E-state index in [0.29, 0.717) is 28.6 Å². The van der Waals surface area contributed by atoms with E-state index in [9.17, 15) is 14.4 Å². The first-order chi connectivity index (χ1) is 13.0. The number of carbonyl (C=O) groups is 2. The fourth-order valence-corrected chi connectivity index (χ4v) is 2.79. The van der Waals surface area contributed by atoms with Gasteiger partial charge < -0.3 is 18.9 Å². The van der Waals surface area contributed by atoms with Gasteiger partial charge in [0.2, 0.25) is 5.43 Å². The monoisotopic (exact) mass is 453 g/mol. The third-order valence-electron chi connectivity index (χ3n) is 3.76. The zero-order chi connectivity index (χ0) is 21.1. The van der Waals surface area contributed by atoms with E-state index in [2.05, 4.69) is 20.9 Å². The highest BCUT2D eigenvalue weighted by Gasteiger charge is 2.21. The van der Waals surface area contributed by atoms with Crippen LogP contribution in [0.3, 0.4) is 0 Å². The zero-order valence-electron chi connectivity index (χ0n) is 16.6. The van der Waals surface area contributed by atoms with Crippen molar-refractivity contribution in [3.8, 4) is 0 Å². The van der Waals surface area contributed by atoms with E-state index in [1.165, 1.54) is 11.1 Å². The average Bonchev–Trinajstić information content (AvgIpc) is 2.59. The normalized spacial score (nSPS) is 11.4. The summed E-state index contributed by atoms with van der Waals surface area (Å²) in [6.45, 7) is 7.82. The highest BCUT2D eigenvalue weighted by atomic mass is 79.9. The molecule has 2 heterocycles. The van der Waals surface area contributed by atoms with E-state index in [4.69, 9.17) is 9.47 Å². The molecular formula is C19H24BrN3O5. The molecule has 0 fully saturated rings. The largest absolute Gasteiger partial charge is 0.462 e. The molecular weight excluding hydrogens is 430 g/mol. The smallest absolute Gasteiger partial charge is 0.410 e. The van der Waals surface area contributed by atoms with Crippen LogP contribution < -0.4 is 5.43 Å². The lowest BCUT2D eigenvalue weighted by atomic mass is 10.2. The van der Waals surface area contributed by atoms with Gasteiger partial charge in [-0.25, -0.2) is 14.6 Å². The average molecular weight is 454 g/mol. The number of esters is 1.